The summed E-state index contributed by atoms with van der Waals surface area (Å²) in [5.74, 6) is 1.06. The zero-order chi connectivity index (χ0) is 12.1. The standard InChI is InChI=1S/C14H23N3/c1-3-5-13-8-11(10-15-4-2)9-14(17-13)16-12-6-7-12/h8-9,12,15H,3-7,10H2,1-2H3,(H,16,17). The highest BCUT2D eigenvalue weighted by Crippen LogP contribution is 2.24. The minimum Gasteiger partial charge on any atom is -0.367 e. The molecule has 1 fully saturated rings. The van der Waals surface area contributed by atoms with Gasteiger partial charge in [-0.15, -0.1) is 0 Å². The number of nitrogens with zero attached hydrogens (tertiary/aromatic N) is 1. The Kier molecular flexibility index (Phi) is 4.37. The molecule has 2 N–H and O–H groups in total. The predicted molar refractivity (Wildman–Crippen MR) is 72.3 cm³/mol. The second-order valence-electron chi connectivity index (χ2n) is 4.80. The van der Waals surface area contributed by atoms with Gasteiger partial charge in [0.2, 0.25) is 0 Å². The SMILES string of the molecule is CCCc1cc(CNCC)cc(NC2CC2)n1. The number of hydrogen-bond donors (Lipinski definition) is 2. The first-order chi connectivity index (χ1) is 8.31. The topological polar surface area (TPSA) is 37.0 Å². The lowest BCUT2D eigenvalue weighted by Gasteiger charge is -2.10. The van der Waals surface area contributed by atoms with Crippen molar-refractivity contribution >= 4 is 5.82 Å². The van der Waals surface area contributed by atoms with E-state index >= 15 is 0 Å². The van der Waals surface area contributed by atoms with Crippen LogP contribution in [0.15, 0.2) is 12.1 Å². The summed E-state index contributed by atoms with van der Waals surface area (Å²) in [6.45, 7) is 6.29. The Balaban J connectivity index is 2.08. The van der Waals surface area contributed by atoms with Crippen LogP contribution < -0.4 is 10.6 Å². The minimum atomic E-state index is 0.673. The summed E-state index contributed by atoms with van der Waals surface area (Å²) in [6, 6.07) is 5.08. The Hall–Kier alpha value is -1.09. The Morgan fingerprint density at radius 1 is 1.29 bits per heavy atom. The molecule has 0 spiro atoms. The molecule has 1 aromatic heterocycles. The Morgan fingerprint density at radius 3 is 2.76 bits per heavy atom. The summed E-state index contributed by atoms with van der Waals surface area (Å²) in [4.78, 5) is 4.67. The Labute approximate surface area is 104 Å². The van der Waals surface area contributed by atoms with Gasteiger partial charge in [0.05, 0.1) is 0 Å². The molecule has 0 amide bonds. The zero-order valence-corrected chi connectivity index (χ0v) is 10.9. The minimum absolute atomic E-state index is 0.673. The van der Waals surface area contributed by atoms with Crippen molar-refractivity contribution in [3.8, 4) is 0 Å². The number of pyridine rings is 1. The van der Waals surface area contributed by atoms with Crippen LogP contribution in [0.2, 0.25) is 0 Å². The first kappa shape index (κ1) is 12.4. The van der Waals surface area contributed by atoms with Gasteiger partial charge in [-0.2, -0.15) is 0 Å². The number of nitrogens with one attached hydrogen (secondary N) is 2. The number of anilines is 1. The first-order valence-electron chi connectivity index (χ1n) is 6.79. The predicted octanol–water partition coefficient (Wildman–Crippen LogP) is 2.72. The molecule has 94 valence electrons. The third kappa shape index (κ3) is 4.00. The third-order valence-corrected chi connectivity index (χ3v) is 2.95. The number of hydrogen-bond acceptors (Lipinski definition) is 3. The molecule has 0 aromatic carbocycles. The number of aromatic nitrogens is 1. The second kappa shape index (κ2) is 6.01. The van der Waals surface area contributed by atoms with E-state index in [1.165, 1.54) is 24.1 Å². The zero-order valence-electron chi connectivity index (χ0n) is 10.9. The van der Waals surface area contributed by atoms with E-state index in [0.717, 1.165) is 31.7 Å². The lowest BCUT2D eigenvalue weighted by Crippen LogP contribution is -2.13. The van der Waals surface area contributed by atoms with Crippen LogP contribution in [0.4, 0.5) is 5.82 Å². The Bertz CT molecular complexity index is 358. The maximum Gasteiger partial charge on any atom is 0.126 e. The van der Waals surface area contributed by atoms with Gasteiger partial charge in [0.15, 0.2) is 0 Å². The molecule has 3 heteroatoms. The van der Waals surface area contributed by atoms with Crippen LogP contribution in [-0.2, 0) is 13.0 Å². The molecule has 1 saturated carbocycles. The van der Waals surface area contributed by atoms with Gasteiger partial charge in [-0.05, 0) is 43.5 Å². The molecule has 1 aliphatic carbocycles. The van der Waals surface area contributed by atoms with E-state index in [1.54, 1.807) is 0 Å². The van der Waals surface area contributed by atoms with Gasteiger partial charge in [0, 0.05) is 18.3 Å². The van der Waals surface area contributed by atoms with Crippen molar-refractivity contribution in [1.82, 2.24) is 10.3 Å². The monoisotopic (exact) mass is 233 g/mol. The molecule has 2 rings (SSSR count). The van der Waals surface area contributed by atoms with Crippen molar-refractivity contribution < 1.29 is 0 Å². The lowest BCUT2D eigenvalue weighted by atomic mass is 10.1. The fraction of sp³-hybridized carbons (Fsp3) is 0.643. The van der Waals surface area contributed by atoms with E-state index in [4.69, 9.17) is 0 Å². The maximum atomic E-state index is 4.67. The molecule has 0 atom stereocenters. The molecule has 17 heavy (non-hydrogen) atoms. The van der Waals surface area contributed by atoms with Gasteiger partial charge < -0.3 is 10.6 Å². The third-order valence-electron chi connectivity index (χ3n) is 2.95. The summed E-state index contributed by atoms with van der Waals surface area (Å²) in [7, 11) is 0. The molecular weight excluding hydrogens is 210 g/mol. The summed E-state index contributed by atoms with van der Waals surface area (Å²) < 4.78 is 0. The van der Waals surface area contributed by atoms with Crippen molar-refractivity contribution in [2.75, 3.05) is 11.9 Å². The Morgan fingerprint density at radius 2 is 2.12 bits per heavy atom. The summed E-state index contributed by atoms with van der Waals surface area (Å²) in [5.41, 5.74) is 2.56. The van der Waals surface area contributed by atoms with Crippen molar-refractivity contribution in [2.24, 2.45) is 0 Å². The molecule has 1 aliphatic rings. The highest BCUT2D eigenvalue weighted by molar-refractivity contribution is 5.41. The quantitative estimate of drug-likeness (QED) is 0.760. The van der Waals surface area contributed by atoms with Crippen LogP contribution in [0.3, 0.4) is 0 Å². The van der Waals surface area contributed by atoms with Crippen LogP contribution in [0.1, 0.15) is 44.4 Å². The van der Waals surface area contributed by atoms with Crippen LogP contribution >= 0.6 is 0 Å². The fourth-order valence-corrected chi connectivity index (χ4v) is 1.92. The molecule has 0 bridgehead atoms. The van der Waals surface area contributed by atoms with Gasteiger partial charge in [-0.1, -0.05) is 20.3 Å². The summed E-state index contributed by atoms with van der Waals surface area (Å²) >= 11 is 0. The van der Waals surface area contributed by atoms with Gasteiger partial charge in [0.1, 0.15) is 5.82 Å². The lowest BCUT2D eigenvalue weighted by molar-refractivity contribution is 0.723. The average molecular weight is 233 g/mol. The summed E-state index contributed by atoms with van der Waals surface area (Å²) in [5, 5.41) is 6.87. The largest absolute Gasteiger partial charge is 0.367 e. The van der Waals surface area contributed by atoms with Crippen LogP contribution in [0.5, 0.6) is 0 Å². The molecule has 1 aromatic rings. The van der Waals surface area contributed by atoms with Gasteiger partial charge in [-0.3, -0.25) is 0 Å². The molecular formula is C14H23N3. The normalized spacial score (nSPS) is 14.9. The van der Waals surface area contributed by atoms with Crippen molar-refractivity contribution in [3.05, 3.63) is 23.4 Å². The molecule has 0 unspecified atom stereocenters. The van der Waals surface area contributed by atoms with Gasteiger partial charge in [-0.25, -0.2) is 4.98 Å². The van der Waals surface area contributed by atoms with Crippen LogP contribution in [-0.4, -0.2) is 17.6 Å². The van der Waals surface area contributed by atoms with E-state index in [1.807, 2.05) is 0 Å². The van der Waals surface area contributed by atoms with Crippen molar-refractivity contribution in [1.29, 1.82) is 0 Å². The molecule has 1 heterocycles. The molecule has 3 nitrogen and oxygen atoms in total. The van der Waals surface area contributed by atoms with E-state index in [-0.39, 0.29) is 0 Å². The number of rotatable bonds is 7. The number of aryl methyl sites for hydroxylation is 1. The van der Waals surface area contributed by atoms with Gasteiger partial charge >= 0.3 is 0 Å². The molecule has 0 radical (unpaired) electrons. The van der Waals surface area contributed by atoms with E-state index in [2.05, 4.69) is 41.6 Å². The van der Waals surface area contributed by atoms with Crippen molar-refractivity contribution in [2.45, 2.75) is 52.1 Å². The smallest absolute Gasteiger partial charge is 0.126 e. The van der Waals surface area contributed by atoms with Crippen LogP contribution in [0.25, 0.3) is 0 Å². The van der Waals surface area contributed by atoms with E-state index in [0.29, 0.717) is 6.04 Å². The van der Waals surface area contributed by atoms with Crippen LogP contribution in [0, 0.1) is 0 Å². The molecule has 0 aliphatic heterocycles. The molecule has 0 saturated heterocycles. The summed E-state index contributed by atoms with van der Waals surface area (Å²) in [6.07, 6.45) is 4.81. The van der Waals surface area contributed by atoms with E-state index in [9.17, 15) is 0 Å². The average Bonchev–Trinajstić information content (AvgIpc) is 3.10. The van der Waals surface area contributed by atoms with E-state index < -0.39 is 0 Å². The highest BCUT2D eigenvalue weighted by Gasteiger charge is 2.21. The maximum absolute atomic E-state index is 4.67. The van der Waals surface area contributed by atoms with Gasteiger partial charge in [0.25, 0.3) is 0 Å². The highest BCUT2D eigenvalue weighted by atomic mass is 15.0. The second-order valence-corrected chi connectivity index (χ2v) is 4.80. The van der Waals surface area contributed by atoms with Crippen molar-refractivity contribution in [3.63, 3.8) is 0 Å². The first-order valence-corrected chi connectivity index (χ1v) is 6.79. The fourth-order valence-electron chi connectivity index (χ4n) is 1.92.